The number of amides is 1. The van der Waals surface area contributed by atoms with E-state index < -0.39 is 11.7 Å². The lowest BCUT2D eigenvalue weighted by molar-refractivity contribution is 0.0534. The number of nitrogens with one attached hydrogen (secondary N) is 1. The SMILES string of the molecule is CCCn1cc(C=CCNC(=O)OC(C)(C)C)cn1. The zero-order valence-electron chi connectivity index (χ0n) is 12.1. The van der Waals surface area contributed by atoms with Crippen LogP contribution in [0.3, 0.4) is 0 Å². The molecule has 1 amide bonds. The number of carbonyl (C=O) groups is 1. The van der Waals surface area contributed by atoms with Gasteiger partial charge in [0, 0.05) is 24.8 Å². The van der Waals surface area contributed by atoms with E-state index in [0.29, 0.717) is 6.54 Å². The van der Waals surface area contributed by atoms with Gasteiger partial charge in [-0.3, -0.25) is 4.68 Å². The molecule has 1 heterocycles. The monoisotopic (exact) mass is 265 g/mol. The van der Waals surface area contributed by atoms with E-state index in [-0.39, 0.29) is 0 Å². The van der Waals surface area contributed by atoms with Crippen molar-refractivity contribution in [1.29, 1.82) is 0 Å². The summed E-state index contributed by atoms with van der Waals surface area (Å²) >= 11 is 0. The lowest BCUT2D eigenvalue weighted by Crippen LogP contribution is -2.32. The van der Waals surface area contributed by atoms with Crippen LogP contribution in [0.1, 0.15) is 39.7 Å². The highest BCUT2D eigenvalue weighted by molar-refractivity contribution is 5.68. The lowest BCUT2D eigenvalue weighted by Gasteiger charge is -2.19. The molecule has 5 nitrogen and oxygen atoms in total. The number of alkyl carbamates (subject to hydrolysis) is 1. The number of hydrogen-bond acceptors (Lipinski definition) is 3. The van der Waals surface area contributed by atoms with E-state index in [2.05, 4.69) is 17.3 Å². The van der Waals surface area contributed by atoms with Gasteiger partial charge in [0.05, 0.1) is 6.20 Å². The van der Waals surface area contributed by atoms with Gasteiger partial charge in [-0.25, -0.2) is 4.79 Å². The van der Waals surface area contributed by atoms with Crippen LogP contribution < -0.4 is 5.32 Å². The predicted octanol–water partition coefficient (Wildman–Crippen LogP) is 2.83. The van der Waals surface area contributed by atoms with Gasteiger partial charge in [-0.1, -0.05) is 19.1 Å². The molecule has 0 atom stereocenters. The summed E-state index contributed by atoms with van der Waals surface area (Å²) in [6.45, 7) is 8.99. The molecule has 0 fully saturated rings. The van der Waals surface area contributed by atoms with Gasteiger partial charge in [0.1, 0.15) is 5.60 Å². The Balaban J connectivity index is 2.31. The molecule has 0 radical (unpaired) electrons. The maximum Gasteiger partial charge on any atom is 0.407 e. The number of aryl methyl sites for hydroxylation is 1. The molecule has 0 spiro atoms. The molecule has 0 aliphatic carbocycles. The number of carbonyl (C=O) groups excluding carboxylic acids is 1. The minimum atomic E-state index is -0.463. The third-order valence-corrected chi connectivity index (χ3v) is 2.18. The number of aromatic nitrogens is 2. The fourth-order valence-corrected chi connectivity index (χ4v) is 1.47. The minimum absolute atomic E-state index is 0.404. The summed E-state index contributed by atoms with van der Waals surface area (Å²) in [6, 6.07) is 0. The molecule has 0 saturated heterocycles. The summed E-state index contributed by atoms with van der Waals surface area (Å²) in [4.78, 5) is 11.4. The highest BCUT2D eigenvalue weighted by atomic mass is 16.6. The summed E-state index contributed by atoms with van der Waals surface area (Å²) < 4.78 is 7.03. The summed E-state index contributed by atoms with van der Waals surface area (Å²) in [5.74, 6) is 0. The number of hydrogen-bond donors (Lipinski definition) is 1. The van der Waals surface area contributed by atoms with Crippen molar-refractivity contribution in [2.45, 2.75) is 46.3 Å². The van der Waals surface area contributed by atoms with Crippen LogP contribution in [0.25, 0.3) is 6.08 Å². The first-order valence-corrected chi connectivity index (χ1v) is 6.56. The van der Waals surface area contributed by atoms with Gasteiger partial charge in [-0.15, -0.1) is 0 Å². The van der Waals surface area contributed by atoms with Crippen LogP contribution in [-0.4, -0.2) is 28.0 Å². The maximum absolute atomic E-state index is 11.4. The Bertz CT molecular complexity index is 430. The van der Waals surface area contributed by atoms with E-state index in [1.54, 1.807) is 6.20 Å². The van der Waals surface area contributed by atoms with Crippen LogP contribution in [0.4, 0.5) is 4.79 Å². The van der Waals surface area contributed by atoms with Crippen LogP contribution in [0.15, 0.2) is 18.5 Å². The van der Waals surface area contributed by atoms with E-state index >= 15 is 0 Å². The van der Waals surface area contributed by atoms with Crippen molar-refractivity contribution >= 4 is 12.2 Å². The van der Waals surface area contributed by atoms with Gasteiger partial charge in [0.25, 0.3) is 0 Å². The molecule has 0 aliphatic rings. The van der Waals surface area contributed by atoms with Crippen molar-refractivity contribution in [2.75, 3.05) is 6.54 Å². The quantitative estimate of drug-likeness (QED) is 0.890. The van der Waals surface area contributed by atoms with Crippen LogP contribution in [-0.2, 0) is 11.3 Å². The smallest absolute Gasteiger partial charge is 0.407 e. The summed E-state index contributed by atoms with van der Waals surface area (Å²) in [6.07, 6.45) is 8.24. The van der Waals surface area contributed by atoms with E-state index in [0.717, 1.165) is 18.5 Å². The summed E-state index contributed by atoms with van der Waals surface area (Å²) in [5.41, 5.74) is 0.564. The largest absolute Gasteiger partial charge is 0.444 e. The predicted molar refractivity (Wildman–Crippen MR) is 75.8 cm³/mol. The molecule has 19 heavy (non-hydrogen) atoms. The van der Waals surface area contributed by atoms with E-state index in [1.807, 2.05) is 43.8 Å². The molecule has 1 aromatic rings. The molecule has 1 rings (SSSR count). The Morgan fingerprint density at radius 1 is 1.53 bits per heavy atom. The molecule has 0 saturated carbocycles. The summed E-state index contributed by atoms with van der Waals surface area (Å²) in [5, 5.41) is 6.89. The highest BCUT2D eigenvalue weighted by Crippen LogP contribution is 2.06. The highest BCUT2D eigenvalue weighted by Gasteiger charge is 2.14. The number of rotatable bonds is 5. The van der Waals surface area contributed by atoms with Crippen molar-refractivity contribution in [3.05, 3.63) is 24.0 Å². The molecule has 0 bridgehead atoms. The first-order valence-electron chi connectivity index (χ1n) is 6.56. The molecule has 0 aliphatic heterocycles. The third-order valence-electron chi connectivity index (χ3n) is 2.18. The third kappa shape index (κ3) is 6.64. The Labute approximate surface area is 114 Å². The molecule has 106 valence electrons. The number of ether oxygens (including phenoxy) is 1. The lowest BCUT2D eigenvalue weighted by atomic mass is 10.2. The van der Waals surface area contributed by atoms with Crippen molar-refractivity contribution in [2.24, 2.45) is 0 Å². The fourth-order valence-electron chi connectivity index (χ4n) is 1.47. The molecule has 5 heteroatoms. The standard InChI is InChI=1S/C14H23N3O2/c1-5-9-17-11-12(10-16-17)7-6-8-15-13(18)19-14(2,3)4/h6-7,10-11H,5,8-9H2,1-4H3,(H,15,18). The van der Waals surface area contributed by atoms with Crippen LogP contribution >= 0.6 is 0 Å². The zero-order chi connectivity index (χ0) is 14.3. The Morgan fingerprint density at radius 3 is 2.89 bits per heavy atom. The molecular weight excluding hydrogens is 242 g/mol. The molecule has 0 unspecified atom stereocenters. The first kappa shape index (κ1) is 15.3. The average Bonchev–Trinajstić information content (AvgIpc) is 2.70. The first-order chi connectivity index (χ1) is 8.90. The van der Waals surface area contributed by atoms with Gasteiger partial charge in [0.15, 0.2) is 0 Å². The van der Waals surface area contributed by atoms with E-state index in [1.165, 1.54) is 0 Å². The van der Waals surface area contributed by atoms with Crippen molar-refractivity contribution < 1.29 is 9.53 Å². The second kappa shape index (κ2) is 6.97. The Kier molecular flexibility index (Phi) is 5.60. The Morgan fingerprint density at radius 2 is 2.26 bits per heavy atom. The fraction of sp³-hybridized carbons (Fsp3) is 0.571. The van der Waals surface area contributed by atoms with Crippen molar-refractivity contribution in [1.82, 2.24) is 15.1 Å². The van der Waals surface area contributed by atoms with Crippen molar-refractivity contribution in [3.63, 3.8) is 0 Å². The van der Waals surface area contributed by atoms with Gasteiger partial charge >= 0.3 is 6.09 Å². The topological polar surface area (TPSA) is 56.2 Å². The van der Waals surface area contributed by atoms with Gasteiger partial charge in [-0.2, -0.15) is 5.10 Å². The second-order valence-electron chi connectivity index (χ2n) is 5.32. The van der Waals surface area contributed by atoms with Crippen LogP contribution in [0, 0.1) is 0 Å². The van der Waals surface area contributed by atoms with E-state index in [4.69, 9.17) is 4.74 Å². The van der Waals surface area contributed by atoms with Crippen molar-refractivity contribution in [3.8, 4) is 0 Å². The van der Waals surface area contributed by atoms with Crippen LogP contribution in [0.2, 0.25) is 0 Å². The van der Waals surface area contributed by atoms with Gasteiger partial charge in [-0.05, 0) is 27.2 Å². The average molecular weight is 265 g/mol. The Hall–Kier alpha value is -1.78. The zero-order valence-corrected chi connectivity index (χ0v) is 12.1. The number of nitrogens with zero attached hydrogens (tertiary/aromatic N) is 2. The minimum Gasteiger partial charge on any atom is -0.444 e. The van der Waals surface area contributed by atoms with Gasteiger partial charge in [0.2, 0.25) is 0 Å². The van der Waals surface area contributed by atoms with Gasteiger partial charge < -0.3 is 10.1 Å². The second-order valence-corrected chi connectivity index (χ2v) is 5.32. The van der Waals surface area contributed by atoms with E-state index in [9.17, 15) is 4.79 Å². The maximum atomic E-state index is 11.4. The summed E-state index contributed by atoms with van der Waals surface area (Å²) in [7, 11) is 0. The molecule has 1 N–H and O–H groups in total. The molecule has 1 aromatic heterocycles. The molecule has 0 aromatic carbocycles. The molecular formula is C14H23N3O2. The normalized spacial score (nSPS) is 11.8. The van der Waals surface area contributed by atoms with Crippen LogP contribution in [0.5, 0.6) is 0 Å².